The van der Waals surface area contributed by atoms with Crippen LogP contribution in [-0.4, -0.2) is 40.7 Å². The number of halogens is 1. The van der Waals surface area contributed by atoms with Crippen molar-refractivity contribution in [3.8, 4) is 0 Å². The summed E-state index contributed by atoms with van der Waals surface area (Å²) in [4.78, 5) is 58.3. The van der Waals surface area contributed by atoms with Gasteiger partial charge in [-0.2, -0.15) is 0 Å². The summed E-state index contributed by atoms with van der Waals surface area (Å²) >= 11 is 6.30. The SMILES string of the molecule is CN1C(=O)C2CC=C3C(CC4C(=O)N(c5cccc(Cl)c5)C(=O)C4(c4ccccc4)C3c3ccc(CO)o3)C2C1=O. The molecule has 4 amide bonds. The van der Waals surface area contributed by atoms with Crippen LogP contribution in [-0.2, 0) is 31.2 Å². The van der Waals surface area contributed by atoms with E-state index in [1.807, 2.05) is 36.4 Å². The standard InChI is InChI=1S/C32H27ClN2O6/c1-34-28(37)22-12-11-21-23(26(22)30(34)39)15-24-29(38)35(19-9-5-8-18(33)14-19)31(40)32(24,17-6-3-2-4-7-17)27(21)25-13-10-20(16-36)41-25/h2-11,13-14,22-24,26-27,36H,12,15-16H2,1H3. The number of likely N-dealkylation sites (tertiary alicyclic amines) is 1. The molecule has 3 fully saturated rings. The molecular formula is C32H27ClN2O6. The van der Waals surface area contributed by atoms with Gasteiger partial charge in [-0.1, -0.05) is 59.6 Å². The molecule has 3 heterocycles. The predicted octanol–water partition coefficient (Wildman–Crippen LogP) is 4.22. The van der Waals surface area contributed by atoms with Crippen molar-refractivity contribution in [1.82, 2.24) is 4.90 Å². The summed E-state index contributed by atoms with van der Waals surface area (Å²) < 4.78 is 6.14. The largest absolute Gasteiger partial charge is 0.463 e. The summed E-state index contributed by atoms with van der Waals surface area (Å²) in [5.41, 5.74) is 0.453. The van der Waals surface area contributed by atoms with E-state index < -0.39 is 40.9 Å². The van der Waals surface area contributed by atoms with E-state index in [2.05, 4.69) is 0 Å². The fraction of sp³-hybridized carbons (Fsp3) is 0.312. The molecule has 0 bridgehead atoms. The highest BCUT2D eigenvalue weighted by molar-refractivity contribution is 6.32. The molecule has 9 heteroatoms. The van der Waals surface area contributed by atoms with Gasteiger partial charge in [-0.25, -0.2) is 4.90 Å². The molecule has 7 rings (SSSR count). The Morgan fingerprint density at radius 2 is 1.73 bits per heavy atom. The Hall–Kier alpha value is -4.01. The van der Waals surface area contributed by atoms with Crippen molar-refractivity contribution < 1.29 is 28.7 Å². The normalized spacial score (nSPS) is 30.8. The summed E-state index contributed by atoms with van der Waals surface area (Å²) in [6, 6.07) is 19.3. The predicted molar refractivity (Wildman–Crippen MR) is 148 cm³/mol. The third-order valence-corrected chi connectivity index (χ3v) is 9.75. The number of aliphatic hydroxyl groups is 1. The van der Waals surface area contributed by atoms with E-state index in [4.69, 9.17) is 16.0 Å². The highest BCUT2D eigenvalue weighted by atomic mass is 35.5. The number of nitrogens with zero attached hydrogens (tertiary/aromatic N) is 2. The minimum absolute atomic E-state index is 0.221. The van der Waals surface area contributed by atoms with E-state index in [1.165, 1.54) is 16.8 Å². The van der Waals surface area contributed by atoms with Gasteiger partial charge in [0.2, 0.25) is 23.6 Å². The van der Waals surface area contributed by atoms with Gasteiger partial charge in [-0.15, -0.1) is 0 Å². The number of allylic oxidation sites excluding steroid dienone is 2. The van der Waals surface area contributed by atoms with Gasteiger partial charge in [0.1, 0.15) is 23.5 Å². The van der Waals surface area contributed by atoms with Gasteiger partial charge >= 0.3 is 0 Å². The van der Waals surface area contributed by atoms with Crippen LogP contribution in [0.15, 0.2) is 82.8 Å². The number of carbonyl (C=O) groups excluding carboxylic acids is 4. The van der Waals surface area contributed by atoms with Crippen LogP contribution < -0.4 is 4.90 Å². The minimum atomic E-state index is -1.39. The van der Waals surface area contributed by atoms with Gasteiger partial charge < -0.3 is 9.52 Å². The molecule has 6 unspecified atom stereocenters. The lowest BCUT2D eigenvalue weighted by Crippen LogP contribution is -2.53. The summed E-state index contributed by atoms with van der Waals surface area (Å²) in [5.74, 6) is -3.69. The van der Waals surface area contributed by atoms with Gasteiger partial charge in [0.25, 0.3) is 0 Å². The molecule has 1 N–H and O–H groups in total. The Balaban J connectivity index is 1.50. The topological polar surface area (TPSA) is 108 Å². The van der Waals surface area contributed by atoms with E-state index in [-0.39, 0.29) is 30.7 Å². The Morgan fingerprint density at radius 3 is 2.44 bits per heavy atom. The second-order valence-corrected chi connectivity index (χ2v) is 11.7. The first-order valence-corrected chi connectivity index (χ1v) is 14.1. The first-order chi connectivity index (χ1) is 19.8. The second-order valence-electron chi connectivity index (χ2n) is 11.3. The van der Waals surface area contributed by atoms with Crippen molar-refractivity contribution in [2.75, 3.05) is 11.9 Å². The summed E-state index contributed by atoms with van der Waals surface area (Å²) in [7, 11) is 1.50. The zero-order valence-corrected chi connectivity index (χ0v) is 23.0. The number of hydrogen-bond acceptors (Lipinski definition) is 6. The highest BCUT2D eigenvalue weighted by Crippen LogP contribution is 2.64. The number of carbonyl (C=O) groups is 4. The van der Waals surface area contributed by atoms with Crippen LogP contribution in [0.1, 0.15) is 35.8 Å². The third kappa shape index (κ3) is 3.44. The molecule has 3 aromatic rings. The van der Waals surface area contributed by atoms with E-state index in [9.17, 15) is 24.3 Å². The van der Waals surface area contributed by atoms with E-state index in [0.717, 1.165) is 5.57 Å². The smallest absolute Gasteiger partial charge is 0.246 e. The van der Waals surface area contributed by atoms with Crippen LogP contribution in [0.2, 0.25) is 5.02 Å². The number of aliphatic hydroxyl groups excluding tert-OH is 1. The van der Waals surface area contributed by atoms with E-state index in [1.54, 1.807) is 36.4 Å². The first-order valence-electron chi connectivity index (χ1n) is 13.7. The maximum absolute atomic E-state index is 14.9. The Labute approximate surface area is 241 Å². The van der Waals surface area contributed by atoms with Crippen molar-refractivity contribution in [2.24, 2.45) is 23.7 Å². The number of hydrogen-bond donors (Lipinski definition) is 1. The maximum Gasteiger partial charge on any atom is 0.246 e. The van der Waals surface area contributed by atoms with Gasteiger partial charge in [-0.3, -0.25) is 24.1 Å². The zero-order valence-electron chi connectivity index (χ0n) is 22.2. The van der Waals surface area contributed by atoms with Crippen LogP contribution in [0.25, 0.3) is 0 Å². The Bertz CT molecular complexity index is 1650. The van der Waals surface area contributed by atoms with Crippen LogP contribution >= 0.6 is 11.6 Å². The minimum Gasteiger partial charge on any atom is -0.463 e. The van der Waals surface area contributed by atoms with Crippen molar-refractivity contribution in [1.29, 1.82) is 0 Å². The van der Waals surface area contributed by atoms with E-state index in [0.29, 0.717) is 34.2 Å². The molecule has 2 aliphatic carbocycles. The monoisotopic (exact) mass is 570 g/mol. The molecule has 1 aromatic heterocycles. The van der Waals surface area contributed by atoms with Crippen LogP contribution in [0.5, 0.6) is 0 Å². The molecule has 1 saturated carbocycles. The van der Waals surface area contributed by atoms with Crippen molar-refractivity contribution in [3.05, 3.63) is 100 Å². The molecule has 8 nitrogen and oxygen atoms in total. The van der Waals surface area contributed by atoms with Crippen molar-refractivity contribution in [2.45, 2.75) is 30.8 Å². The third-order valence-electron chi connectivity index (χ3n) is 9.51. The maximum atomic E-state index is 14.9. The molecule has 0 spiro atoms. The summed E-state index contributed by atoms with van der Waals surface area (Å²) in [6.07, 6.45) is 2.55. The highest BCUT2D eigenvalue weighted by Gasteiger charge is 2.70. The fourth-order valence-corrected chi connectivity index (χ4v) is 8.03. The van der Waals surface area contributed by atoms with Crippen molar-refractivity contribution >= 4 is 40.9 Å². The Morgan fingerprint density at radius 1 is 0.951 bits per heavy atom. The number of rotatable bonds is 4. The number of imide groups is 2. The number of anilines is 1. The molecular weight excluding hydrogens is 544 g/mol. The zero-order chi connectivity index (χ0) is 28.6. The van der Waals surface area contributed by atoms with Gasteiger partial charge in [0.15, 0.2) is 0 Å². The fourth-order valence-electron chi connectivity index (χ4n) is 7.84. The lowest BCUT2D eigenvalue weighted by molar-refractivity contribution is -0.138. The number of fused-ring (bicyclic) bond motifs is 4. The lowest BCUT2D eigenvalue weighted by Gasteiger charge is -2.49. The average molecular weight is 571 g/mol. The number of furan rings is 1. The van der Waals surface area contributed by atoms with Crippen LogP contribution in [0, 0.1) is 23.7 Å². The molecule has 0 radical (unpaired) electrons. The van der Waals surface area contributed by atoms with Gasteiger partial charge in [-0.05, 0) is 54.7 Å². The van der Waals surface area contributed by atoms with E-state index >= 15 is 0 Å². The number of amides is 4. The van der Waals surface area contributed by atoms with Crippen LogP contribution in [0.3, 0.4) is 0 Å². The molecule has 2 aromatic carbocycles. The molecule has 2 aliphatic heterocycles. The average Bonchev–Trinajstić information content (AvgIpc) is 3.61. The lowest BCUT2D eigenvalue weighted by atomic mass is 9.50. The Kier molecular flexibility index (Phi) is 5.85. The molecule has 6 atom stereocenters. The second kappa shape index (κ2) is 9.26. The quantitative estimate of drug-likeness (QED) is 0.372. The van der Waals surface area contributed by atoms with Crippen molar-refractivity contribution in [3.63, 3.8) is 0 Å². The van der Waals surface area contributed by atoms with Gasteiger partial charge in [0.05, 0.1) is 29.4 Å². The summed E-state index contributed by atoms with van der Waals surface area (Å²) in [5, 5.41) is 10.2. The molecule has 208 valence electrons. The molecule has 41 heavy (non-hydrogen) atoms. The van der Waals surface area contributed by atoms with Gasteiger partial charge in [0, 0.05) is 12.1 Å². The molecule has 2 saturated heterocycles. The summed E-state index contributed by atoms with van der Waals surface area (Å²) in [6.45, 7) is -0.332. The first kappa shape index (κ1) is 25.9. The van der Waals surface area contributed by atoms with Crippen LogP contribution in [0.4, 0.5) is 5.69 Å². The number of benzene rings is 2. The molecule has 4 aliphatic rings.